The highest BCUT2D eigenvalue weighted by Crippen LogP contribution is 2.39. The molecule has 0 radical (unpaired) electrons. The van der Waals surface area contributed by atoms with Gasteiger partial charge in [0.25, 0.3) is 5.91 Å². The summed E-state index contributed by atoms with van der Waals surface area (Å²) in [5.74, 6) is 1.07. The van der Waals surface area contributed by atoms with E-state index in [0.29, 0.717) is 29.4 Å². The third-order valence-electron chi connectivity index (χ3n) is 4.30. The van der Waals surface area contributed by atoms with E-state index in [4.69, 9.17) is 14.2 Å². The van der Waals surface area contributed by atoms with Crippen molar-refractivity contribution in [2.45, 2.75) is 11.5 Å². The average Bonchev–Trinajstić information content (AvgIpc) is 2.78. The number of hydrogen-bond donors (Lipinski definition) is 1. The number of rotatable bonds is 8. The van der Waals surface area contributed by atoms with Gasteiger partial charge in [0.05, 0.1) is 14.2 Å². The van der Waals surface area contributed by atoms with Crippen molar-refractivity contribution < 1.29 is 19.0 Å². The molecule has 0 bridgehead atoms. The molecule has 3 rings (SSSR count). The van der Waals surface area contributed by atoms with Crippen LogP contribution < -0.4 is 19.5 Å². The first-order valence-corrected chi connectivity index (χ1v) is 10.2. The normalized spacial score (nSPS) is 10.3. The number of methoxy groups -OCH3 is 2. The fourth-order valence-corrected chi connectivity index (χ4v) is 3.17. The molecule has 29 heavy (non-hydrogen) atoms. The van der Waals surface area contributed by atoms with Crippen LogP contribution in [0.25, 0.3) is 0 Å². The molecule has 6 heteroatoms. The minimum atomic E-state index is -0.256. The molecule has 0 aromatic heterocycles. The van der Waals surface area contributed by atoms with Crippen LogP contribution in [-0.4, -0.2) is 26.4 Å². The van der Waals surface area contributed by atoms with Gasteiger partial charge in [-0.3, -0.25) is 4.79 Å². The summed E-state index contributed by atoms with van der Waals surface area (Å²) in [6.45, 7) is 0.362. The maximum atomic E-state index is 12.7. The molecule has 3 aromatic carbocycles. The number of nitrogens with one attached hydrogen (secondary N) is 1. The molecule has 0 atom stereocenters. The lowest BCUT2D eigenvalue weighted by Gasteiger charge is -2.16. The quantitative estimate of drug-likeness (QED) is 0.515. The van der Waals surface area contributed by atoms with Crippen molar-refractivity contribution in [3.05, 3.63) is 77.9 Å². The highest BCUT2D eigenvalue weighted by Gasteiger charge is 2.18. The lowest BCUT2D eigenvalue weighted by Crippen LogP contribution is -2.12. The van der Waals surface area contributed by atoms with Crippen LogP contribution >= 0.6 is 11.8 Å². The fourth-order valence-electron chi connectivity index (χ4n) is 2.76. The lowest BCUT2D eigenvalue weighted by molar-refractivity contribution is 0.102. The van der Waals surface area contributed by atoms with Crippen LogP contribution in [0.2, 0.25) is 0 Å². The number of carbonyl (C=O) groups is 1. The van der Waals surface area contributed by atoms with Crippen LogP contribution in [0, 0.1) is 0 Å². The Hall–Kier alpha value is -3.12. The van der Waals surface area contributed by atoms with Crippen molar-refractivity contribution in [2.75, 3.05) is 25.8 Å². The average molecular weight is 410 g/mol. The van der Waals surface area contributed by atoms with Crippen LogP contribution in [-0.2, 0) is 6.61 Å². The Morgan fingerprint density at radius 3 is 2.10 bits per heavy atom. The monoisotopic (exact) mass is 409 g/mol. The van der Waals surface area contributed by atoms with Crippen molar-refractivity contribution in [1.82, 2.24) is 0 Å². The van der Waals surface area contributed by atoms with Gasteiger partial charge in [-0.1, -0.05) is 30.3 Å². The van der Waals surface area contributed by atoms with Gasteiger partial charge >= 0.3 is 0 Å². The molecule has 0 aliphatic heterocycles. The van der Waals surface area contributed by atoms with E-state index in [9.17, 15) is 4.79 Å². The van der Waals surface area contributed by atoms with E-state index in [1.165, 1.54) is 14.2 Å². The summed E-state index contributed by atoms with van der Waals surface area (Å²) in [5.41, 5.74) is 2.15. The van der Waals surface area contributed by atoms with Crippen molar-refractivity contribution >= 4 is 23.4 Å². The molecule has 0 fully saturated rings. The number of hydrogen-bond acceptors (Lipinski definition) is 5. The van der Waals surface area contributed by atoms with Crippen LogP contribution in [0.1, 0.15) is 15.9 Å². The molecule has 0 spiro atoms. The molecule has 0 aliphatic rings. The molecule has 0 aliphatic carbocycles. The second-order valence-electron chi connectivity index (χ2n) is 6.17. The summed E-state index contributed by atoms with van der Waals surface area (Å²) in [6, 6.07) is 20.8. The first kappa shape index (κ1) is 20.6. The fraction of sp³-hybridized carbons (Fsp3) is 0.174. The minimum absolute atomic E-state index is 0.256. The summed E-state index contributed by atoms with van der Waals surface area (Å²) in [6.07, 6.45) is 2.01. The van der Waals surface area contributed by atoms with Crippen molar-refractivity contribution in [3.8, 4) is 17.2 Å². The molecular weight excluding hydrogens is 386 g/mol. The summed E-state index contributed by atoms with van der Waals surface area (Å²) in [7, 11) is 3.07. The Balaban J connectivity index is 1.81. The van der Waals surface area contributed by atoms with E-state index < -0.39 is 0 Å². The molecular formula is C23H23NO4S. The molecule has 0 heterocycles. The van der Waals surface area contributed by atoms with Gasteiger partial charge in [-0.2, -0.15) is 0 Å². The molecule has 5 nitrogen and oxygen atoms in total. The van der Waals surface area contributed by atoms with Gasteiger partial charge in [0, 0.05) is 16.1 Å². The van der Waals surface area contributed by atoms with Gasteiger partial charge < -0.3 is 19.5 Å². The molecule has 0 saturated heterocycles. The van der Waals surface area contributed by atoms with E-state index >= 15 is 0 Å². The second-order valence-corrected chi connectivity index (χ2v) is 7.05. The highest BCUT2D eigenvalue weighted by molar-refractivity contribution is 7.98. The van der Waals surface area contributed by atoms with Gasteiger partial charge in [-0.25, -0.2) is 0 Å². The molecule has 0 unspecified atom stereocenters. The second kappa shape index (κ2) is 9.89. The van der Waals surface area contributed by atoms with Crippen molar-refractivity contribution in [1.29, 1.82) is 0 Å². The Labute approximate surface area is 175 Å². The first-order valence-electron chi connectivity index (χ1n) is 9.02. The topological polar surface area (TPSA) is 56.8 Å². The first-order chi connectivity index (χ1) is 14.1. The van der Waals surface area contributed by atoms with Crippen LogP contribution in [0.15, 0.2) is 71.6 Å². The zero-order chi connectivity index (χ0) is 20.6. The smallest absolute Gasteiger partial charge is 0.255 e. The van der Waals surface area contributed by atoms with E-state index in [1.54, 1.807) is 23.9 Å². The molecule has 3 aromatic rings. The lowest BCUT2D eigenvalue weighted by atomic mass is 10.1. The van der Waals surface area contributed by atoms with Gasteiger partial charge in [0.1, 0.15) is 6.61 Å². The number of amides is 1. The Morgan fingerprint density at radius 1 is 0.931 bits per heavy atom. The maximum Gasteiger partial charge on any atom is 0.255 e. The van der Waals surface area contributed by atoms with Crippen molar-refractivity contribution in [3.63, 3.8) is 0 Å². The number of ether oxygens (including phenoxy) is 3. The summed E-state index contributed by atoms with van der Waals surface area (Å²) < 4.78 is 16.9. The zero-order valence-electron chi connectivity index (χ0n) is 16.6. The van der Waals surface area contributed by atoms with E-state index in [0.717, 1.165) is 16.1 Å². The van der Waals surface area contributed by atoms with Crippen LogP contribution in [0.5, 0.6) is 17.2 Å². The number of carbonyl (C=O) groups excluding carboxylic acids is 1. The Morgan fingerprint density at radius 2 is 1.55 bits per heavy atom. The molecule has 1 N–H and O–H groups in total. The predicted molar refractivity (Wildman–Crippen MR) is 116 cm³/mol. The highest BCUT2D eigenvalue weighted by atomic mass is 32.2. The van der Waals surface area contributed by atoms with Gasteiger partial charge in [-0.15, -0.1) is 11.8 Å². The third kappa shape index (κ3) is 5.23. The molecule has 0 saturated carbocycles. The van der Waals surface area contributed by atoms with Gasteiger partial charge in [-0.05, 0) is 48.2 Å². The third-order valence-corrected chi connectivity index (χ3v) is 5.04. The zero-order valence-corrected chi connectivity index (χ0v) is 17.4. The number of thioether (sulfide) groups is 1. The maximum absolute atomic E-state index is 12.7. The van der Waals surface area contributed by atoms with Gasteiger partial charge in [0.2, 0.25) is 5.75 Å². The Bertz CT molecular complexity index is 933. The van der Waals surface area contributed by atoms with E-state index in [-0.39, 0.29) is 5.91 Å². The molecule has 150 valence electrons. The minimum Gasteiger partial charge on any atom is -0.493 e. The van der Waals surface area contributed by atoms with Crippen LogP contribution in [0.3, 0.4) is 0 Å². The van der Waals surface area contributed by atoms with E-state index in [2.05, 4.69) is 5.32 Å². The standard InChI is InChI=1S/C23H23NO4S/c1-26-20-13-17(23(25)24-18-9-11-19(29-3)12-10-18)14-21(27-2)22(20)28-15-16-7-5-4-6-8-16/h4-14H,15H2,1-3H3,(H,24,25). The largest absolute Gasteiger partial charge is 0.493 e. The number of anilines is 1. The van der Waals surface area contributed by atoms with Gasteiger partial charge in [0.15, 0.2) is 11.5 Å². The SMILES string of the molecule is COc1cc(C(=O)Nc2ccc(SC)cc2)cc(OC)c1OCc1ccccc1. The van der Waals surface area contributed by atoms with Crippen molar-refractivity contribution in [2.24, 2.45) is 0 Å². The Kier molecular flexibility index (Phi) is 7.03. The summed E-state index contributed by atoms with van der Waals surface area (Å²) >= 11 is 1.65. The summed E-state index contributed by atoms with van der Waals surface area (Å²) in [4.78, 5) is 13.9. The summed E-state index contributed by atoms with van der Waals surface area (Å²) in [5, 5.41) is 2.89. The van der Waals surface area contributed by atoms with Crippen LogP contribution in [0.4, 0.5) is 5.69 Å². The molecule has 1 amide bonds. The predicted octanol–water partition coefficient (Wildman–Crippen LogP) is 5.26. The van der Waals surface area contributed by atoms with E-state index in [1.807, 2.05) is 60.9 Å². The number of benzene rings is 3.